The second kappa shape index (κ2) is 7.11. The Kier molecular flexibility index (Phi) is 5.08. The lowest BCUT2D eigenvalue weighted by Gasteiger charge is -2.15. The number of nitrogens with zero attached hydrogens (tertiary/aromatic N) is 2. The molecule has 0 bridgehead atoms. The van der Waals surface area contributed by atoms with E-state index in [2.05, 4.69) is 5.10 Å². The van der Waals surface area contributed by atoms with E-state index < -0.39 is 40.7 Å². The van der Waals surface area contributed by atoms with Crippen LogP contribution in [0.2, 0.25) is 5.02 Å². The number of hydrogen-bond donors (Lipinski definition) is 0. The molecule has 29 heavy (non-hydrogen) atoms. The highest BCUT2D eigenvalue weighted by Gasteiger charge is 2.37. The zero-order valence-corrected chi connectivity index (χ0v) is 14.7. The van der Waals surface area contributed by atoms with E-state index in [0.29, 0.717) is 12.1 Å². The fraction of sp³-hybridized carbons (Fsp3) is 0.111. The predicted octanol–water partition coefficient (Wildman–Crippen LogP) is 4.59. The topological polar surface area (TPSA) is 57.9 Å². The molecule has 0 amide bonds. The molecule has 152 valence electrons. The number of hydrogen-bond acceptors (Lipinski definition) is 3. The van der Waals surface area contributed by atoms with Gasteiger partial charge in [-0.3, -0.25) is 0 Å². The van der Waals surface area contributed by atoms with Crippen molar-refractivity contribution in [2.75, 3.05) is 0 Å². The van der Waals surface area contributed by atoms with Crippen LogP contribution in [-0.4, -0.2) is 15.7 Å². The molecule has 0 N–H and O–H groups in total. The SMILES string of the molecule is O=C([O-])c1cc(-c2cc(C(F)(F)F)cc(C(F)(F)F)c2)n(-c2cccc(Cl)c2)n1. The standard InChI is InChI=1S/C18H9ClF6N2O2/c19-12-2-1-3-13(7-12)27-15(8-14(26-27)16(28)29)9-4-10(17(20,21)22)6-11(5-9)18(23,24)25/h1-8H,(H,28,29)/p-1. The molecular formula is C18H8ClF6N2O2-. The third-order valence-electron chi connectivity index (χ3n) is 3.85. The fourth-order valence-corrected chi connectivity index (χ4v) is 2.78. The molecule has 3 aromatic rings. The number of carboxylic acids is 1. The van der Waals surface area contributed by atoms with Crippen LogP contribution in [0.15, 0.2) is 48.5 Å². The molecule has 0 aliphatic rings. The van der Waals surface area contributed by atoms with Crippen molar-refractivity contribution in [3.8, 4) is 16.9 Å². The summed E-state index contributed by atoms with van der Waals surface area (Å²) in [5.41, 5.74) is -4.49. The average Bonchev–Trinajstić information content (AvgIpc) is 3.05. The number of carbonyl (C=O) groups excluding carboxylic acids is 1. The van der Waals surface area contributed by atoms with E-state index in [4.69, 9.17) is 11.6 Å². The molecule has 0 unspecified atom stereocenters. The monoisotopic (exact) mass is 433 g/mol. The van der Waals surface area contributed by atoms with Crippen molar-refractivity contribution >= 4 is 17.6 Å². The van der Waals surface area contributed by atoms with Gasteiger partial charge in [-0.05, 0) is 42.5 Å². The molecule has 0 aliphatic carbocycles. The first-order valence-electron chi connectivity index (χ1n) is 7.73. The molecule has 0 atom stereocenters. The van der Waals surface area contributed by atoms with E-state index in [0.717, 1.165) is 10.7 Å². The smallest absolute Gasteiger partial charge is 0.416 e. The van der Waals surface area contributed by atoms with Gasteiger partial charge in [0.05, 0.1) is 28.5 Å². The molecule has 3 rings (SSSR count). The lowest BCUT2D eigenvalue weighted by Crippen LogP contribution is -2.22. The van der Waals surface area contributed by atoms with Gasteiger partial charge in [0.1, 0.15) is 5.69 Å². The van der Waals surface area contributed by atoms with Crippen LogP contribution in [0.5, 0.6) is 0 Å². The summed E-state index contributed by atoms with van der Waals surface area (Å²) in [6.45, 7) is 0. The maximum absolute atomic E-state index is 13.2. The Bertz CT molecular complexity index is 1060. The first kappa shape index (κ1) is 20.7. The highest BCUT2D eigenvalue weighted by molar-refractivity contribution is 6.30. The Hall–Kier alpha value is -3.01. The van der Waals surface area contributed by atoms with E-state index in [-0.39, 0.29) is 22.5 Å². The molecule has 0 fully saturated rings. The Morgan fingerprint density at radius 3 is 2.00 bits per heavy atom. The lowest BCUT2D eigenvalue weighted by molar-refractivity contribution is -0.255. The fourth-order valence-electron chi connectivity index (χ4n) is 2.59. The molecule has 2 aromatic carbocycles. The van der Waals surface area contributed by atoms with Gasteiger partial charge in [0.2, 0.25) is 0 Å². The minimum absolute atomic E-state index is 0.0245. The number of alkyl halides is 6. The summed E-state index contributed by atoms with van der Waals surface area (Å²) in [4.78, 5) is 11.2. The van der Waals surface area contributed by atoms with Crippen molar-refractivity contribution in [1.29, 1.82) is 0 Å². The molecule has 0 spiro atoms. The van der Waals surface area contributed by atoms with Crippen LogP contribution in [0.3, 0.4) is 0 Å². The molecule has 0 aliphatic heterocycles. The number of benzene rings is 2. The Morgan fingerprint density at radius 2 is 1.52 bits per heavy atom. The summed E-state index contributed by atoms with van der Waals surface area (Å²) < 4.78 is 79.8. The molecule has 11 heteroatoms. The zero-order valence-electron chi connectivity index (χ0n) is 14.0. The maximum Gasteiger partial charge on any atom is 0.416 e. The third kappa shape index (κ3) is 4.37. The van der Waals surface area contributed by atoms with Crippen LogP contribution < -0.4 is 5.11 Å². The quantitative estimate of drug-likeness (QED) is 0.568. The van der Waals surface area contributed by atoms with E-state index in [1.54, 1.807) is 0 Å². The Labute approximate surface area is 163 Å². The minimum atomic E-state index is -5.06. The summed E-state index contributed by atoms with van der Waals surface area (Å²) in [6, 6.07) is 7.40. The van der Waals surface area contributed by atoms with E-state index in [1.807, 2.05) is 0 Å². The van der Waals surface area contributed by atoms with E-state index in [1.165, 1.54) is 24.3 Å². The summed E-state index contributed by atoms with van der Waals surface area (Å²) >= 11 is 5.87. The summed E-state index contributed by atoms with van der Waals surface area (Å²) in [6.07, 6.45) is -10.1. The number of aromatic nitrogens is 2. The van der Waals surface area contributed by atoms with Crippen molar-refractivity contribution in [3.63, 3.8) is 0 Å². The zero-order chi connectivity index (χ0) is 21.6. The van der Waals surface area contributed by atoms with Crippen LogP contribution in [0.1, 0.15) is 21.6 Å². The van der Waals surface area contributed by atoms with Crippen LogP contribution in [0.4, 0.5) is 26.3 Å². The van der Waals surface area contributed by atoms with Crippen LogP contribution in [0, 0.1) is 0 Å². The van der Waals surface area contributed by atoms with Crippen LogP contribution in [0.25, 0.3) is 16.9 Å². The third-order valence-corrected chi connectivity index (χ3v) is 4.09. The molecular weight excluding hydrogens is 426 g/mol. The summed E-state index contributed by atoms with van der Waals surface area (Å²) in [7, 11) is 0. The van der Waals surface area contributed by atoms with Gasteiger partial charge in [0, 0.05) is 10.6 Å². The second-order valence-electron chi connectivity index (χ2n) is 5.89. The van der Waals surface area contributed by atoms with Crippen molar-refractivity contribution in [3.05, 3.63) is 70.4 Å². The molecule has 1 aromatic heterocycles. The van der Waals surface area contributed by atoms with Crippen LogP contribution >= 0.6 is 11.6 Å². The number of carbonyl (C=O) groups is 1. The first-order chi connectivity index (χ1) is 13.4. The Morgan fingerprint density at radius 1 is 0.931 bits per heavy atom. The lowest BCUT2D eigenvalue weighted by atomic mass is 10.0. The van der Waals surface area contributed by atoms with E-state index >= 15 is 0 Å². The Balaban J connectivity index is 2.31. The van der Waals surface area contributed by atoms with Gasteiger partial charge >= 0.3 is 12.4 Å². The summed E-state index contributed by atoms with van der Waals surface area (Å²) in [5.74, 6) is -1.75. The van der Waals surface area contributed by atoms with Gasteiger partial charge in [-0.2, -0.15) is 31.4 Å². The van der Waals surface area contributed by atoms with Gasteiger partial charge < -0.3 is 9.90 Å². The van der Waals surface area contributed by atoms with Gasteiger partial charge in [-0.15, -0.1) is 0 Å². The normalized spacial score (nSPS) is 12.2. The second-order valence-corrected chi connectivity index (χ2v) is 6.32. The number of halogens is 7. The minimum Gasteiger partial charge on any atom is -0.543 e. The predicted molar refractivity (Wildman–Crippen MR) is 88.3 cm³/mol. The molecule has 4 nitrogen and oxygen atoms in total. The number of carboxylic acid groups (broad SMARTS) is 1. The van der Waals surface area contributed by atoms with Gasteiger partial charge in [0.15, 0.2) is 0 Å². The molecule has 0 radical (unpaired) electrons. The maximum atomic E-state index is 13.2. The van der Waals surface area contributed by atoms with Gasteiger partial charge in [-0.25, -0.2) is 4.68 Å². The highest BCUT2D eigenvalue weighted by Crippen LogP contribution is 2.39. The van der Waals surface area contributed by atoms with Crippen molar-refractivity contribution in [1.82, 2.24) is 9.78 Å². The summed E-state index contributed by atoms with van der Waals surface area (Å²) in [5, 5.41) is 15.1. The average molecular weight is 434 g/mol. The van der Waals surface area contributed by atoms with E-state index in [9.17, 15) is 36.2 Å². The largest absolute Gasteiger partial charge is 0.543 e. The van der Waals surface area contributed by atoms with Gasteiger partial charge in [-0.1, -0.05) is 17.7 Å². The first-order valence-corrected chi connectivity index (χ1v) is 8.11. The van der Waals surface area contributed by atoms with Crippen LogP contribution in [-0.2, 0) is 12.4 Å². The molecule has 0 saturated heterocycles. The molecule has 0 saturated carbocycles. The van der Waals surface area contributed by atoms with Crippen molar-refractivity contribution in [2.24, 2.45) is 0 Å². The van der Waals surface area contributed by atoms with Crippen molar-refractivity contribution < 1.29 is 36.2 Å². The van der Waals surface area contributed by atoms with Gasteiger partial charge in [0.25, 0.3) is 0 Å². The van der Waals surface area contributed by atoms with Crippen molar-refractivity contribution in [2.45, 2.75) is 12.4 Å². The number of rotatable bonds is 3. The molecule has 1 heterocycles. The highest BCUT2D eigenvalue weighted by atomic mass is 35.5. The number of aromatic carboxylic acids is 1.